The van der Waals surface area contributed by atoms with Crippen molar-refractivity contribution in [2.75, 3.05) is 13.1 Å². The van der Waals surface area contributed by atoms with Gasteiger partial charge in [0.2, 0.25) is 0 Å². The van der Waals surface area contributed by atoms with Gasteiger partial charge in [0.1, 0.15) is 5.75 Å². The molecule has 0 saturated carbocycles. The Bertz CT molecular complexity index is 1210. The lowest BCUT2D eigenvalue weighted by molar-refractivity contribution is -0.177. The normalized spacial score (nSPS) is 25.5. The minimum atomic E-state index is -0.531. The monoisotopic (exact) mass is 446 g/mol. The molecule has 3 aromatic rings. The van der Waals surface area contributed by atoms with E-state index in [1.54, 1.807) is 25.4 Å². The van der Waals surface area contributed by atoms with Gasteiger partial charge in [-0.05, 0) is 64.2 Å². The van der Waals surface area contributed by atoms with Crippen molar-refractivity contribution >= 4 is 16.9 Å². The molecule has 6 rings (SSSR count). The van der Waals surface area contributed by atoms with E-state index in [9.17, 15) is 4.79 Å². The lowest BCUT2D eigenvalue weighted by Gasteiger charge is -2.56. The van der Waals surface area contributed by atoms with Crippen LogP contribution in [0.4, 0.5) is 0 Å². The van der Waals surface area contributed by atoms with Crippen molar-refractivity contribution in [2.24, 2.45) is 5.92 Å². The molecule has 1 N–H and O–H groups in total. The van der Waals surface area contributed by atoms with Crippen LogP contribution >= 0.6 is 0 Å². The summed E-state index contributed by atoms with van der Waals surface area (Å²) in [6.45, 7) is 5.98. The molecule has 2 aromatic heterocycles. The standard InChI is InChI=1S/C26H30N4O3/c1-16-22(25(31)32-17(2)24-27-11-6-12-28-24)23-19-15-18-7-5-14-30-13-4-3-10-26(18,30)33-21(19)9-8-20(23)29-16/h6,8-9,11-12,17-18,29H,3-5,7,10,13-15H2,1-2H3. The summed E-state index contributed by atoms with van der Waals surface area (Å²) < 4.78 is 12.7. The Labute approximate surface area is 193 Å². The summed E-state index contributed by atoms with van der Waals surface area (Å²) in [5.74, 6) is 1.51. The second-order valence-electron chi connectivity index (χ2n) is 9.68. The molecular weight excluding hydrogens is 416 g/mol. The first kappa shape index (κ1) is 20.7. The third-order valence-electron chi connectivity index (χ3n) is 7.76. The molecule has 7 heteroatoms. The van der Waals surface area contributed by atoms with E-state index >= 15 is 0 Å². The van der Waals surface area contributed by atoms with E-state index in [1.165, 1.54) is 19.3 Å². The van der Waals surface area contributed by atoms with Gasteiger partial charge in [-0.1, -0.05) is 0 Å². The SMILES string of the molecule is Cc1[nH]c2ccc3c(c2c1C(=O)OC(C)c1ncccn1)CC1CCCN2CCCCC12O3. The van der Waals surface area contributed by atoms with Crippen molar-refractivity contribution in [3.63, 3.8) is 0 Å². The highest BCUT2D eigenvalue weighted by Gasteiger charge is 2.52. The van der Waals surface area contributed by atoms with Gasteiger partial charge in [0, 0.05) is 60.0 Å². The summed E-state index contributed by atoms with van der Waals surface area (Å²) in [5.41, 5.74) is 3.32. The highest BCUT2D eigenvalue weighted by molar-refractivity contribution is 6.07. The molecule has 3 atom stereocenters. The lowest BCUT2D eigenvalue weighted by atomic mass is 9.74. The van der Waals surface area contributed by atoms with E-state index in [0.29, 0.717) is 17.3 Å². The van der Waals surface area contributed by atoms with E-state index in [-0.39, 0.29) is 11.7 Å². The fourth-order valence-corrected chi connectivity index (χ4v) is 6.26. The van der Waals surface area contributed by atoms with Gasteiger partial charge >= 0.3 is 5.97 Å². The van der Waals surface area contributed by atoms with Crippen LogP contribution in [-0.2, 0) is 11.2 Å². The Morgan fingerprint density at radius 2 is 2.06 bits per heavy atom. The maximum absolute atomic E-state index is 13.4. The van der Waals surface area contributed by atoms with Gasteiger partial charge in [-0.25, -0.2) is 14.8 Å². The van der Waals surface area contributed by atoms with Crippen LogP contribution < -0.4 is 4.74 Å². The Hall–Kier alpha value is -2.93. The first-order valence-electron chi connectivity index (χ1n) is 12.1. The zero-order chi connectivity index (χ0) is 22.6. The second-order valence-corrected chi connectivity index (χ2v) is 9.68. The van der Waals surface area contributed by atoms with Crippen molar-refractivity contribution in [3.8, 4) is 5.75 Å². The number of carbonyl (C=O) groups is 1. The summed E-state index contributed by atoms with van der Waals surface area (Å²) in [7, 11) is 0. The number of fused-ring (bicyclic) bond motifs is 3. The van der Waals surface area contributed by atoms with Crippen molar-refractivity contribution in [2.45, 2.75) is 64.2 Å². The van der Waals surface area contributed by atoms with Gasteiger partial charge in [-0.3, -0.25) is 4.90 Å². The Kier molecular flexibility index (Phi) is 4.91. The van der Waals surface area contributed by atoms with Crippen LogP contribution in [0, 0.1) is 12.8 Å². The molecule has 3 aliphatic heterocycles. The first-order valence-corrected chi connectivity index (χ1v) is 12.1. The molecule has 3 aliphatic rings. The molecule has 0 bridgehead atoms. The predicted octanol–water partition coefficient (Wildman–Crippen LogP) is 4.71. The zero-order valence-corrected chi connectivity index (χ0v) is 19.3. The van der Waals surface area contributed by atoms with Crippen LogP contribution in [0.3, 0.4) is 0 Å². The van der Waals surface area contributed by atoms with Gasteiger partial charge in [0.15, 0.2) is 17.7 Å². The first-order chi connectivity index (χ1) is 16.1. The van der Waals surface area contributed by atoms with Crippen molar-refractivity contribution in [3.05, 3.63) is 53.2 Å². The smallest absolute Gasteiger partial charge is 0.341 e. The molecule has 1 aromatic carbocycles. The highest BCUT2D eigenvalue weighted by Crippen LogP contribution is 2.50. The number of benzene rings is 1. The van der Waals surface area contributed by atoms with Crippen LogP contribution in [0.2, 0.25) is 0 Å². The average Bonchev–Trinajstić information content (AvgIpc) is 3.18. The Balaban J connectivity index is 1.39. The Morgan fingerprint density at radius 3 is 2.91 bits per heavy atom. The van der Waals surface area contributed by atoms with E-state index in [0.717, 1.165) is 60.3 Å². The number of aromatic amines is 1. The van der Waals surface area contributed by atoms with E-state index < -0.39 is 6.10 Å². The number of rotatable bonds is 3. The second kappa shape index (κ2) is 7.83. The van der Waals surface area contributed by atoms with Crippen LogP contribution in [0.25, 0.3) is 10.9 Å². The number of hydrogen-bond acceptors (Lipinski definition) is 6. The van der Waals surface area contributed by atoms with Gasteiger partial charge in [-0.2, -0.15) is 0 Å². The molecule has 2 fully saturated rings. The third kappa shape index (κ3) is 3.24. The van der Waals surface area contributed by atoms with Crippen molar-refractivity contribution in [1.82, 2.24) is 19.9 Å². The van der Waals surface area contributed by atoms with Crippen molar-refractivity contribution < 1.29 is 14.3 Å². The van der Waals surface area contributed by atoms with Gasteiger partial charge in [0.25, 0.3) is 0 Å². The number of aryl methyl sites for hydroxylation is 1. The molecule has 0 aliphatic carbocycles. The van der Waals surface area contributed by atoms with Crippen LogP contribution in [0.15, 0.2) is 30.6 Å². The number of piperidine rings is 2. The molecule has 33 heavy (non-hydrogen) atoms. The van der Waals surface area contributed by atoms with E-state index in [4.69, 9.17) is 9.47 Å². The maximum atomic E-state index is 13.4. The van der Waals surface area contributed by atoms with Crippen LogP contribution in [0.1, 0.15) is 72.6 Å². The van der Waals surface area contributed by atoms with Gasteiger partial charge in [0.05, 0.1) is 5.56 Å². The topological polar surface area (TPSA) is 80.3 Å². The molecule has 0 radical (unpaired) electrons. The number of ether oxygens (including phenoxy) is 2. The van der Waals surface area contributed by atoms with E-state index in [1.807, 2.05) is 13.0 Å². The third-order valence-corrected chi connectivity index (χ3v) is 7.76. The zero-order valence-electron chi connectivity index (χ0n) is 19.3. The van der Waals surface area contributed by atoms with Crippen LogP contribution in [0.5, 0.6) is 5.75 Å². The number of carbonyl (C=O) groups excluding carboxylic acids is 1. The summed E-state index contributed by atoms with van der Waals surface area (Å²) in [6, 6.07) is 5.86. The molecule has 7 nitrogen and oxygen atoms in total. The molecule has 0 amide bonds. The molecule has 1 spiro atoms. The van der Waals surface area contributed by atoms with Gasteiger partial charge in [-0.15, -0.1) is 0 Å². The fraction of sp³-hybridized carbons (Fsp3) is 0.500. The predicted molar refractivity (Wildman–Crippen MR) is 124 cm³/mol. The molecule has 3 unspecified atom stereocenters. The number of esters is 1. The number of nitrogens with one attached hydrogen (secondary N) is 1. The summed E-state index contributed by atoms with van der Waals surface area (Å²) in [6.07, 6.45) is 9.64. The lowest BCUT2D eigenvalue weighted by Crippen LogP contribution is -2.64. The fourth-order valence-electron chi connectivity index (χ4n) is 6.26. The maximum Gasteiger partial charge on any atom is 0.341 e. The quantitative estimate of drug-likeness (QED) is 0.587. The van der Waals surface area contributed by atoms with Crippen molar-refractivity contribution in [1.29, 1.82) is 0 Å². The minimum absolute atomic E-state index is 0.178. The molecular formula is C26H30N4O3. The van der Waals surface area contributed by atoms with Gasteiger partial charge < -0.3 is 14.5 Å². The molecule has 172 valence electrons. The number of aromatic nitrogens is 3. The Morgan fingerprint density at radius 1 is 1.24 bits per heavy atom. The number of H-pyrrole nitrogens is 1. The summed E-state index contributed by atoms with van der Waals surface area (Å²) in [4.78, 5) is 27.8. The minimum Gasteiger partial charge on any atom is -0.472 e. The largest absolute Gasteiger partial charge is 0.472 e. The number of hydrogen-bond donors (Lipinski definition) is 1. The van der Waals surface area contributed by atoms with Crippen LogP contribution in [-0.4, -0.2) is 44.6 Å². The average molecular weight is 447 g/mol. The molecule has 2 saturated heterocycles. The highest BCUT2D eigenvalue weighted by atomic mass is 16.5. The molecule has 5 heterocycles. The van der Waals surface area contributed by atoms with E-state index in [2.05, 4.69) is 25.9 Å². The number of nitrogens with zero attached hydrogens (tertiary/aromatic N) is 3. The summed E-state index contributed by atoms with van der Waals surface area (Å²) in [5, 5.41) is 0.943. The summed E-state index contributed by atoms with van der Waals surface area (Å²) >= 11 is 0.